The van der Waals surface area contributed by atoms with Crippen molar-refractivity contribution in [2.75, 3.05) is 39.9 Å². The minimum absolute atomic E-state index is 0.0686. The van der Waals surface area contributed by atoms with E-state index >= 15 is 0 Å². The fourth-order valence-electron chi connectivity index (χ4n) is 7.24. The molecular formula is C43H44F5N3O3. The molecule has 0 aliphatic carbocycles. The summed E-state index contributed by atoms with van der Waals surface area (Å²) in [5.74, 6) is -1.59. The average Bonchev–Trinajstić information content (AvgIpc) is 3.18. The van der Waals surface area contributed by atoms with Crippen LogP contribution in [0.2, 0.25) is 0 Å². The average molecular weight is 746 g/mol. The van der Waals surface area contributed by atoms with Gasteiger partial charge in [0.1, 0.15) is 6.54 Å². The van der Waals surface area contributed by atoms with Crippen LogP contribution < -0.4 is 5.43 Å². The molecule has 6 nitrogen and oxygen atoms in total. The number of methoxy groups -OCH3 is 1. The van der Waals surface area contributed by atoms with Gasteiger partial charge in [0.25, 0.3) is 0 Å². The van der Waals surface area contributed by atoms with Gasteiger partial charge in [-0.25, -0.2) is 8.78 Å². The number of carbonyl (C=O) groups excluding carboxylic acids is 1. The largest absolute Gasteiger partial charge is 0.416 e. The lowest BCUT2D eigenvalue weighted by molar-refractivity contribution is -0.137. The third-order valence-electron chi connectivity index (χ3n) is 10.4. The molecule has 5 aromatic rings. The minimum Gasteiger partial charge on any atom is -0.383 e. The van der Waals surface area contributed by atoms with E-state index in [2.05, 4.69) is 4.90 Å². The Bertz CT molecular complexity index is 2090. The van der Waals surface area contributed by atoms with Crippen molar-refractivity contribution in [3.63, 3.8) is 0 Å². The number of piperidine rings is 1. The van der Waals surface area contributed by atoms with Crippen molar-refractivity contribution in [1.82, 2.24) is 14.4 Å². The number of carbonyl (C=O) groups is 1. The number of benzene rings is 4. The molecule has 284 valence electrons. The van der Waals surface area contributed by atoms with Crippen LogP contribution in [-0.4, -0.2) is 60.2 Å². The van der Waals surface area contributed by atoms with E-state index < -0.39 is 23.4 Å². The lowest BCUT2D eigenvalue weighted by Crippen LogP contribution is -2.39. The number of fused-ring (bicyclic) bond motifs is 1. The lowest BCUT2D eigenvalue weighted by atomic mass is 9.93. The Morgan fingerprint density at radius 2 is 1.56 bits per heavy atom. The fraction of sp³-hybridized carbons (Fsp3) is 0.349. The number of ether oxygens (including phenoxy) is 1. The summed E-state index contributed by atoms with van der Waals surface area (Å²) in [6, 6.07) is 25.0. The van der Waals surface area contributed by atoms with E-state index in [9.17, 15) is 31.5 Å². The van der Waals surface area contributed by atoms with Crippen LogP contribution in [0.15, 0.2) is 102 Å². The number of aryl methyl sites for hydroxylation is 2. The van der Waals surface area contributed by atoms with Gasteiger partial charge in [0.2, 0.25) is 5.91 Å². The van der Waals surface area contributed by atoms with Gasteiger partial charge >= 0.3 is 6.18 Å². The number of hydrogen-bond acceptors (Lipinski definition) is 4. The highest BCUT2D eigenvalue weighted by Crippen LogP contribution is 2.31. The van der Waals surface area contributed by atoms with E-state index in [0.717, 1.165) is 68.2 Å². The Morgan fingerprint density at radius 1 is 0.870 bits per heavy atom. The summed E-state index contributed by atoms with van der Waals surface area (Å²) in [6.07, 6.45) is -1.24. The molecule has 1 fully saturated rings. The number of nitrogens with zero attached hydrogens (tertiary/aromatic N) is 3. The topological polar surface area (TPSA) is 54.8 Å². The summed E-state index contributed by atoms with van der Waals surface area (Å²) >= 11 is 0. The molecule has 2 heterocycles. The zero-order chi connectivity index (χ0) is 38.2. The summed E-state index contributed by atoms with van der Waals surface area (Å²) in [7, 11) is 1.70. The summed E-state index contributed by atoms with van der Waals surface area (Å²) in [6.45, 7) is 4.24. The van der Waals surface area contributed by atoms with Gasteiger partial charge in [-0.3, -0.25) is 9.59 Å². The maximum Gasteiger partial charge on any atom is 0.416 e. The number of para-hydroxylation sites is 1. The third kappa shape index (κ3) is 9.62. The Balaban J connectivity index is 1.24. The second-order valence-electron chi connectivity index (χ2n) is 14.0. The number of pyridine rings is 1. The normalized spacial score (nSPS) is 14.1. The summed E-state index contributed by atoms with van der Waals surface area (Å²) in [5, 5.41) is 0.455. The molecule has 0 bridgehead atoms. The Hall–Kier alpha value is -4.87. The molecule has 1 aliphatic heterocycles. The molecular weight excluding hydrogens is 701 g/mol. The molecule has 0 saturated carbocycles. The van der Waals surface area contributed by atoms with Crippen LogP contribution in [0.5, 0.6) is 0 Å². The van der Waals surface area contributed by atoms with E-state index in [1.54, 1.807) is 31.4 Å². The van der Waals surface area contributed by atoms with Crippen molar-refractivity contribution in [2.45, 2.75) is 51.4 Å². The van der Waals surface area contributed by atoms with Crippen LogP contribution in [0.3, 0.4) is 0 Å². The number of hydrogen-bond donors (Lipinski definition) is 0. The van der Waals surface area contributed by atoms with Crippen LogP contribution >= 0.6 is 0 Å². The monoisotopic (exact) mass is 745 g/mol. The van der Waals surface area contributed by atoms with Gasteiger partial charge in [-0.15, -0.1) is 0 Å². The second kappa shape index (κ2) is 17.5. The lowest BCUT2D eigenvalue weighted by Gasteiger charge is -2.33. The van der Waals surface area contributed by atoms with Gasteiger partial charge < -0.3 is 19.1 Å². The summed E-state index contributed by atoms with van der Waals surface area (Å²) in [4.78, 5) is 31.8. The van der Waals surface area contributed by atoms with Crippen molar-refractivity contribution < 1.29 is 31.5 Å². The van der Waals surface area contributed by atoms with Gasteiger partial charge in [0.05, 0.1) is 17.7 Å². The smallest absolute Gasteiger partial charge is 0.383 e. The quantitative estimate of drug-likeness (QED) is 0.107. The molecule has 11 heteroatoms. The molecule has 6 rings (SSSR count). The molecule has 4 aromatic carbocycles. The Morgan fingerprint density at radius 3 is 2.24 bits per heavy atom. The number of rotatable bonds is 14. The first kappa shape index (κ1) is 38.8. The molecule has 0 unspecified atom stereocenters. The molecule has 0 spiro atoms. The number of likely N-dealkylation sites (tertiary alicyclic amines) is 1. The van der Waals surface area contributed by atoms with E-state index in [-0.39, 0.29) is 36.3 Å². The van der Waals surface area contributed by atoms with Crippen molar-refractivity contribution in [1.29, 1.82) is 0 Å². The third-order valence-corrected chi connectivity index (χ3v) is 10.4. The summed E-state index contributed by atoms with van der Waals surface area (Å²) < 4.78 is 75.0. The summed E-state index contributed by atoms with van der Waals surface area (Å²) in [5.41, 5.74) is 2.64. The fourth-order valence-corrected chi connectivity index (χ4v) is 7.24. The zero-order valence-corrected chi connectivity index (χ0v) is 30.3. The molecule has 1 amide bonds. The van der Waals surface area contributed by atoms with Crippen molar-refractivity contribution in [2.24, 2.45) is 5.92 Å². The van der Waals surface area contributed by atoms with Crippen LogP contribution in [-0.2, 0) is 41.6 Å². The highest BCUT2D eigenvalue weighted by Gasteiger charge is 2.30. The number of alkyl halides is 3. The highest BCUT2D eigenvalue weighted by atomic mass is 19.4. The number of amides is 1. The number of aromatic nitrogens is 1. The van der Waals surface area contributed by atoms with E-state index in [1.807, 2.05) is 33.7 Å². The van der Waals surface area contributed by atoms with Crippen molar-refractivity contribution >= 4 is 16.8 Å². The minimum atomic E-state index is -4.42. The first-order valence-corrected chi connectivity index (χ1v) is 18.3. The van der Waals surface area contributed by atoms with Gasteiger partial charge in [-0.05, 0) is 104 Å². The van der Waals surface area contributed by atoms with Gasteiger partial charge in [-0.2, -0.15) is 13.2 Å². The van der Waals surface area contributed by atoms with Crippen LogP contribution in [0.4, 0.5) is 22.0 Å². The predicted molar refractivity (Wildman–Crippen MR) is 200 cm³/mol. The van der Waals surface area contributed by atoms with Gasteiger partial charge in [0, 0.05) is 43.9 Å². The van der Waals surface area contributed by atoms with Gasteiger partial charge in [-0.1, -0.05) is 60.7 Å². The maximum atomic E-state index is 14.6. The zero-order valence-electron chi connectivity index (χ0n) is 30.3. The molecule has 0 radical (unpaired) electrons. The van der Waals surface area contributed by atoms with Crippen molar-refractivity contribution in [3.05, 3.63) is 141 Å². The predicted octanol–water partition coefficient (Wildman–Crippen LogP) is 8.53. The van der Waals surface area contributed by atoms with Crippen LogP contribution in [0, 0.1) is 17.6 Å². The standard InChI is InChI=1S/C43H44F5N3O3/c1-54-26-25-49-22-19-30(20-23-49)21-24-50(28-31-9-11-32(12-10-31)33-13-16-35(17-14-33)43(46,47)48)41(53)29-51-36(18-15-34-5-4-7-38(44)42(34)45)27-40(52)37-6-2-3-8-39(37)51/h2-14,16-17,27,30H,15,18-26,28-29H2,1H3. The molecule has 1 aliphatic rings. The van der Waals surface area contributed by atoms with E-state index in [0.29, 0.717) is 47.8 Å². The number of halogens is 5. The Kier molecular flexibility index (Phi) is 12.6. The molecule has 1 saturated heterocycles. The molecule has 0 atom stereocenters. The maximum absolute atomic E-state index is 14.6. The highest BCUT2D eigenvalue weighted by molar-refractivity contribution is 5.83. The van der Waals surface area contributed by atoms with E-state index in [1.165, 1.54) is 30.3 Å². The van der Waals surface area contributed by atoms with Gasteiger partial charge in [0.15, 0.2) is 17.1 Å². The van der Waals surface area contributed by atoms with Crippen molar-refractivity contribution in [3.8, 4) is 11.1 Å². The Labute approximate surface area is 311 Å². The van der Waals surface area contributed by atoms with Crippen LogP contribution in [0.1, 0.15) is 41.6 Å². The molecule has 1 aromatic heterocycles. The molecule has 0 N–H and O–H groups in total. The second-order valence-corrected chi connectivity index (χ2v) is 14.0. The molecule has 54 heavy (non-hydrogen) atoms. The SMILES string of the molecule is COCCN1CCC(CCN(Cc2ccc(-c3ccc(C(F)(F)F)cc3)cc2)C(=O)Cn2c(CCc3cccc(F)c3F)cc(=O)c3ccccc32)CC1. The first-order valence-electron chi connectivity index (χ1n) is 18.3. The van der Waals surface area contributed by atoms with Crippen LogP contribution in [0.25, 0.3) is 22.0 Å². The first-order chi connectivity index (χ1) is 26.0. The van der Waals surface area contributed by atoms with E-state index in [4.69, 9.17) is 4.74 Å².